The Morgan fingerprint density at radius 2 is 1.92 bits per heavy atom. The molecule has 12 heavy (non-hydrogen) atoms. The lowest BCUT2D eigenvalue weighted by Crippen LogP contribution is -2.24. The van der Waals surface area contributed by atoms with E-state index in [-0.39, 0.29) is 20.0 Å². The first-order valence-electron chi connectivity index (χ1n) is 3.33. The van der Waals surface area contributed by atoms with E-state index in [1.54, 1.807) is 0 Å². The molecule has 6 heteroatoms. The van der Waals surface area contributed by atoms with Gasteiger partial charge in [0, 0.05) is 0 Å². The van der Waals surface area contributed by atoms with Gasteiger partial charge in [-0.1, -0.05) is 0 Å². The third-order valence-corrected chi connectivity index (χ3v) is 1.02. The molecule has 0 aliphatic heterocycles. The summed E-state index contributed by atoms with van der Waals surface area (Å²) in [6.07, 6.45) is -0.709. The molecule has 0 aromatic rings. The molecular weight excluding hydrogens is 168 g/mol. The van der Waals surface area contributed by atoms with E-state index in [4.69, 9.17) is 20.1 Å². The summed E-state index contributed by atoms with van der Waals surface area (Å²) in [6, 6.07) is 0. The van der Waals surface area contributed by atoms with Crippen LogP contribution in [0.1, 0.15) is 0 Å². The summed E-state index contributed by atoms with van der Waals surface area (Å²) >= 11 is 0. The van der Waals surface area contributed by atoms with Crippen molar-refractivity contribution >= 4 is 5.97 Å². The molecule has 0 heterocycles. The first-order chi connectivity index (χ1) is 5.70. The Labute approximate surface area is 69.3 Å². The van der Waals surface area contributed by atoms with E-state index >= 15 is 0 Å². The summed E-state index contributed by atoms with van der Waals surface area (Å²) in [5.41, 5.74) is 0. The Hall–Kier alpha value is -0.690. The third-order valence-electron chi connectivity index (χ3n) is 1.02. The van der Waals surface area contributed by atoms with E-state index in [1.165, 1.54) is 0 Å². The maximum Gasteiger partial charge on any atom is 0.329 e. The van der Waals surface area contributed by atoms with Gasteiger partial charge in [-0.15, -0.1) is 0 Å². The van der Waals surface area contributed by atoms with Gasteiger partial charge in [-0.25, -0.2) is 4.79 Å². The van der Waals surface area contributed by atoms with Gasteiger partial charge in [-0.05, 0) is 0 Å². The van der Waals surface area contributed by atoms with Gasteiger partial charge in [0.05, 0.1) is 13.2 Å². The van der Waals surface area contributed by atoms with Crippen LogP contribution in [0.15, 0.2) is 0 Å². The van der Waals surface area contributed by atoms with Crippen LogP contribution in [0.3, 0.4) is 0 Å². The van der Waals surface area contributed by atoms with E-state index < -0.39 is 18.7 Å². The molecule has 3 N–H and O–H groups in total. The number of aliphatic hydroxyl groups excluding tert-OH is 2. The molecule has 0 aliphatic carbocycles. The number of hydrogen-bond donors (Lipinski definition) is 3. The largest absolute Gasteiger partial charge is 0.480 e. The fourth-order valence-corrected chi connectivity index (χ4v) is 0.436. The zero-order chi connectivity index (χ0) is 9.40. The molecule has 0 spiro atoms. The van der Waals surface area contributed by atoms with Crippen LogP contribution in [0, 0.1) is 0 Å². The number of carboxylic acids is 1. The SMILES string of the molecule is O=C(O)COCOC(CO)CO. The average molecular weight is 180 g/mol. The van der Waals surface area contributed by atoms with Crippen LogP contribution in [0.5, 0.6) is 0 Å². The second-order valence-corrected chi connectivity index (χ2v) is 2.01. The Balaban J connectivity index is 3.23. The standard InChI is InChI=1S/C6H12O6/c7-1-5(2-8)12-4-11-3-6(9)10/h5,7-8H,1-4H2,(H,9,10). The Bertz CT molecular complexity index is 121. The molecule has 0 atom stereocenters. The van der Waals surface area contributed by atoms with E-state index in [1.807, 2.05) is 0 Å². The molecule has 0 fully saturated rings. The van der Waals surface area contributed by atoms with Gasteiger partial charge in [0.2, 0.25) is 0 Å². The van der Waals surface area contributed by atoms with Gasteiger partial charge >= 0.3 is 5.97 Å². The maximum atomic E-state index is 9.90. The summed E-state index contributed by atoms with van der Waals surface area (Å²) in [6.45, 7) is -1.36. The van der Waals surface area contributed by atoms with E-state index in [2.05, 4.69) is 4.74 Å². The molecular formula is C6H12O6. The molecule has 0 aromatic heterocycles. The number of aliphatic carboxylic acids is 1. The molecule has 0 amide bonds. The number of rotatable bonds is 7. The third kappa shape index (κ3) is 6.05. The van der Waals surface area contributed by atoms with Crippen molar-refractivity contribution in [1.82, 2.24) is 0 Å². The summed E-state index contributed by atoms with van der Waals surface area (Å²) in [7, 11) is 0. The number of carboxylic acid groups (broad SMARTS) is 1. The van der Waals surface area contributed by atoms with Gasteiger partial charge in [0.1, 0.15) is 19.5 Å². The minimum Gasteiger partial charge on any atom is -0.480 e. The summed E-state index contributed by atoms with van der Waals surface area (Å²) in [5.74, 6) is -1.09. The molecule has 0 unspecified atom stereocenters. The fourth-order valence-electron chi connectivity index (χ4n) is 0.436. The van der Waals surface area contributed by atoms with Crippen LogP contribution in [0.4, 0.5) is 0 Å². The number of ether oxygens (including phenoxy) is 2. The van der Waals surface area contributed by atoms with Gasteiger partial charge in [0.25, 0.3) is 0 Å². The molecule has 0 saturated carbocycles. The minimum absolute atomic E-state index is 0.252. The number of aliphatic hydroxyl groups is 2. The lowest BCUT2D eigenvalue weighted by atomic mass is 10.4. The first kappa shape index (κ1) is 11.3. The topological polar surface area (TPSA) is 96.2 Å². The zero-order valence-corrected chi connectivity index (χ0v) is 6.47. The molecule has 6 nitrogen and oxygen atoms in total. The highest BCUT2D eigenvalue weighted by Gasteiger charge is 2.05. The van der Waals surface area contributed by atoms with E-state index in [0.29, 0.717) is 0 Å². The van der Waals surface area contributed by atoms with Crippen LogP contribution >= 0.6 is 0 Å². The van der Waals surface area contributed by atoms with E-state index in [0.717, 1.165) is 0 Å². The summed E-state index contributed by atoms with van der Waals surface area (Å²) in [5, 5.41) is 25.1. The Morgan fingerprint density at radius 3 is 2.33 bits per heavy atom. The molecule has 0 aromatic carbocycles. The van der Waals surface area contributed by atoms with Gasteiger partial charge in [-0.2, -0.15) is 0 Å². The summed E-state index contributed by atoms with van der Waals surface area (Å²) < 4.78 is 9.19. The van der Waals surface area contributed by atoms with Crippen LogP contribution in [-0.4, -0.2) is 54.0 Å². The van der Waals surface area contributed by atoms with Crippen LogP contribution < -0.4 is 0 Å². The smallest absolute Gasteiger partial charge is 0.329 e. The molecule has 0 radical (unpaired) electrons. The molecule has 0 saturated heterocycles. The van der Waals surface area contributed by atoms with Crippen LogP contribution in [0.2, 0.25) is 0 Å². The van der Waals surface area contributed by atoms with Crippen LogP contribution in [0.25, 0.3) is 0 Å². The highest BCUT2D eigenvalue weighted by Crippen LogP contribution is 1.89. The highest BCUT2D eigenvalue weighted by atomic mass is 16.7. The van der Waals surface area contributed by atoms with Gasteiger partial charge in [-0.3, -0.25) is 0 Å². The van der Waals surface area contributed by atoms with Gasteiger partial charge in [0.15, 0.2) is 0 Å². The van der Waals surface area contributed by atoms with Gasteiger partial charge < -0.3 is 24.8 Å². The zero-order valence-electron chi connectivity index (χ0n) is 6.47. The van der Waals surface area contributed by atoms with Crippen molar-refractivity contribution in [1.29, 1.82) is 0 Å². The lowest BCUT2D eigenvalue weighted by molar-refractivity contribution is -0.154. The van der Waals surface area contributed by atoms with E-state index in [9.17, 15) is 4.79 Å². The average Bonchev–Trinajstić information content (AvgIpc) is 2.04. The first-order valence-corrected chi connectivity index (χ1v) is 3.33. The van der Waals surface area contributed by atoms with Crippen LogP contribution in [-0.2, 0) is 14.3 Å². The van der Waals surface area contributed by atoms with Crippen molar-refractivity contribution in [2.24, 2.45) is 0 Å². The summed E-state index contributed by atoms with van der Waals surface area (Å²) in [4.78, 5) is 9.90. The molecule has 72 valence electrons. The fraction of sp³-hybridized carbons (Fsp3) is 0.833. The van der Waals surface area contributed by atoms with Crippen molar-refractivity contribution < 1.29 is 29.6 Å². The van der Waals surface area contributed by atoms with Crippen molar-refractivity contribution in [3.8, 4) is 0 Å². The predicted octanol–water partition coefficient (Wildman–Crippen LogP) is -1.59. The van der Waals surface area contributed by atoms with Crippen molar-refractivity contribution in [3.63, 3.8) is 0 Å². The monoisotopic (exact) mass is 180 g/mol. The highest BCUT2D eigenvalue weighted by molar-refractivity contribution is 5.67. The van der Waals surface area contributed by atoms with Crippen molar-refractivity contribution in [2.45, 2.75) is 6.10 Å². The van der Waals surface area contributed by atoms with Crippen molar-refractivity contribution in [3.05, 3.63) is 0 Å². The predicted molar refractivity (Wildman–Crippen MR) is 37.5 cm³/mol. The minimum atomic E-state index is -1.09. The second-order valence-electron chi connectivity index (χ2n) is 2.01. The quantitative estimate of drug-likeness (QED) is 0.323. The van der Waals surface area contributed by atoms with Crippen molar-refractivity contribution in [2.75, 3.05) is 26.6 Å². The lowest BCUT2D eigenvalue weighted by Gasteiger charge is -2.11. The normalized spacial score (nSPS) is 10.6. The second kappa shape index (κ2) is 6.99. The molecule has 0 bridgehead atoms. The Kier molecular flexibility index (Phi) is 6.58. The maximum absolute atomic E-state index is 9.90. The Morgan fingerprint density at radius 1 is 1.33 bits per heavy atom. The molecule has 0 aliphatic rings. The molecule has 0 rings (SSSR count). The number of hydrogen-bond acceptors (Lipinski definition) is 5. The number of carbonyl (C=O) groups is 1.